The summed E-state index contributed by atoms with van der Waals surface area (Å²) in [7, 11) is 0. The first-order valence-electron chi connectivity index (χ1n) is 4.95. The number of nitrogens with one attached hydrogen (secondary N) is 1. The zero-order valence-corrected chi connectivity index (χ0v) is 10.4. The normalized spacial score (nSPS) is 14.2. The van der Waals surface area contributed by atoms with Gasteiger partial charge in [-0.05, 0) is 20.3 Å². The molecular formula is C10H15N3O2S. The molecule has 1 aromatic heterocycles. The maximum atomic E-state index is 11.8. The van der Waals surface area contributed by atoms with Crippen molar-refractivity contribution in [1.29, 1.82) is 0 Å². The molecule has 0 aliphatic heterocycles. The number of carbonyl (C=O) groups is 1. The molecule has 1 rings (SSSR count). The number of hydrogen-bond donors (Lipinski definition) is 2. The summed E-state index contributed by atoms with van der Waals surface area (Å²) < 4.78 is 4.85. The number of amides is 1. The molecule has 1 atom stereocenters. The molecule has 0 saturated heterocycles. The minimum atomic E-state index is -0.701. The van der Waals surface area contributed by atoms with Crippen LogP contribution in [0.2, 0.25) is 0 Å². The number of aryl methyl sites for hydroxylation is 1. The van der Waals surface area contributed by atoms with E-state index in [9.17, 15) is 4.79 Å². The third-order valence-electron chi connectivity index (χ3n) is 2.49. The van der Waals surface area contributed by atoms with Crippen LogP contribution < -0.4 is 11.1 Å². The van der Waals surface area contributed by atoms with Crippen molar-refractivity contribution in [2.45, 2.75) is 32.7 Å². The Labute approximate surface area is 99.4 Å². The molecule has 0 aromatic carbocycles. The van der Waals surface area contributed by atoms with Gasteiger partial charge in [0, 0.05) is 6.07 Å². The first kappa shape index (κ1) is 12.6. The summed E-state index contributed by atoms with van der Waals surface area (Å²) in [5, 5.41) is 6.37. The van der Waals surface area contributed by atoms with Crippen molar-refractivity contribution in [2.75, 3.05) is 0 Å². The molecule has 1 heterocycles. The van der Waals surface area contributed by atoms with E-state index in [1.807, 2.05) is 6.92 Å². The van der Waals surface area contributed by atoms with Crippen molar-refractivity contribution in [3.63, 3.8) is 0 Å². The molecule has 0 spiro atoms. The number of nitrogens with zero attached hydrogens (tertiary/aromatic N) is 1. The molecule has 6 heteroatoms. The lowest BCUT2D eigenvalue weighted by atomic mass is 9.99. The van der Waals surface area contributed by atoms with Crippen LogP contribution in [0.4, 0.5) is 0 Å². The lowest BCUT2D eigenvalue weighted by molar-refractivity contribution is 0.0889. The van der Waals surface area contributed by atoms with Crippen molar-refractivity contribution in [2.24, 2.45) is 5.73 Å². The average molecular weight is 241 g/mol. The molecular weight excluding hydrogens is 226 g/mol. The highest BCUT2D eigenvalue weighted by molar-refractivity contribution is 7.80. The highest BCUT2D eigenvalue weighted by Crippen LogP contribution is 2.11. The Bertz CT molecular complexity index is 416. The minimum absolute atomic E-state index is 0.161. The summed E-state index contributed by atoms with van der Waals surface area (Å²) in [5.41, 5.74) is 5.53. The van der Waals surface area contributed by atoms with E-state index in [4.69, 9.17) is 22.5 Å². The maximum Gasteiger partial charge on any atom is 0.290 e. The summed E-state index contributed by atoms with van der Waals surface area (Å²) in [6.07, 6.45) is 0.612. The molecule has 0 radical (unpaired) electrons. The Morgan fingerprint density at radius 3 is 2.75 bits per heavy atom. The van der Waals surface area contributed by atoms with E-state index in [2.05, 4.69) is 10.5 Å². The van der Waals surface area contributed by atoms with Crippen LogP contribution in [0.1, 0.15) is 36.5 Å². The second-order valence-electron chi connectivity index (χ2n) is 3.84. The topological polar surface area (TPSA) is 81.2 Å². The zero-order valence-electron chi connectivity index (χ0n) is 9.53. The second-order valence-corrected chi connectivity index (χ2v) is 4.28. The number of nitrogens with two attached hydrogens (primary N) is 1. The maximum absolute atomic E-state index is 11.8. The molecule has 5 nitrogen and oxygen atoms in total. The largest absolute Gasteiger partial charge is 0.391 e. The lowest BCUT2D eigenvalue weighted by Gasteiger charge is -2.27. The highest BCUT2D eigenvalue weighted by Gasteiger charge is 2.29. The van der Waals surface area contributed by atoms with Gasteiger partial charge in [0.05, 0.1) is 16.2 Å². The molecule has 88 valence electrons. The van der Waals surface area contributed by atoms with E-state index >= 15 is 0 Å². The van der Waals surface area contributed by atoms with Gasteiger partial charge in [0.15, 0.2) is 0 Å². The first-order valence-corrected chi connectivity index (χ1v) is 5.35. The van der Waals surface area contributed by atoms with Crippen molar-refractivity contribution in [3.8, 4) is 0 Å². The van der Waals surface area contributed by atoms with E-state index in [0.29, 0.717) is 12.1 Å². The Balaban J connectivity index is 2.81. The Kier molecular flexibility index (Phi) is 3.64. The monoisotopic (exact) mass is 241 g/mol. The smallest absolute Gasteiger partial charge is 0.290 e. The molecule has 0 fully saturated rings. The van der Waals surface area contributed by atoms with Gasteiger partial charge in [-0.25, -0.2) is 0 Å². The van der Waals surface area contributed by atoms with Crippen molar-refractivity contribution in [1.82, 2.24) is 10.5 Å². The predicted octanol–water partition coefficient (Wildman–Crippen LogP) is 1.17. The Morgan fingerprint density at radius 2 is 2.38 bits per heavy atom. The summed E-state index contributed by atoms with van der Waals surface area (Å²) in [4.78, 5) is 12.0. The van der Waals surface area contributed by atoms with Crippen LogP contribution in [0.15, 0.2) is 10.6 Å². The minimum Gasteiger partial charge on any atom is -0.391 e. The van der Waals surface area contributed by atoms with Crippen LogP contribution >= 0.6 is 12.2 Å². The van der Waals surface area contributed by atoms with Crippen LogP contribution in [0.5, 0.6) is 0 Å². The fourth-order valence-electron chi connectivity index (χ4n) is 1.11. The zero-order chi connectivity index (χ0) is 12.3. The van der Waals surface area contributed by atoms with Crippen LogP contribution in [-0.2, 0) is 0 Å². The van der Waals surface area contributed by atoms with E-state index < -0.39 is 5.54 Å². The predicted molar refractivity (Wildman–Crippen MR) is 64.2 cm³/mol. The SMILES string of the molecule is CCC(C)(NC(=O)c1cc(C)no1)C(N)=S. The third kappa shape index (κ3) is 2.57. The molecule has 1 unspecified atom stereocenters. The van der Waals surface area contributed by atoms with E-state index in [1.165, 1.54) is 0 Å². The van der Waals surface area contributed by atoms with Gasteiger partial charge in [0.25, 0.3) is 5.91 Å². The van der Waals surface area contributed by atoms with Gasteiger partial charge in [0.1, 0.15) is 0 Å². The molecule has 1 amide bonds. The van der Waals surface area contributed by atoms with Gasteiger partial charge in [-0.15, -0.1) is 0 Å². The summed E-state index contributed by atoms with van der Waals surface area (Å²) >= 11 is 4.92. The van der Waals surface area contributed by atoms with Crippen LogP contribution in [0.25, 0.3) is 0 Å². The number of rotatable bonds is 4. The van der Waals surface area contributed by atoms with Gasteiger partial charge in [0.2, 0.25) is 5.76 Å². The van der Waals surface area contributed by atoms with E-state index in [0.717, 1.165) is 0 Å². The van der Waals surface area contributed by atoms with Gasteiger partial charge < -0.3 is 15.6 Å². The van der Waals surface area contributed by atoms with Crippen molar-refractivity contribution in [3.05, 3.63) is 17.5 Å². The number of aromatic nitrogens is 1. The molecule has 16 heavy (non-hydrogen) atoms. The fraction of sp³-hybridized carbons (Fsp3) is 0.500. The number of hydrogen-bond acceptors (Lipinski definition) is 4. The highest BCUT2D eigenvalue weighted by atomic mass is 32.1. The standard InChI is InChI=1S/C10H15N3O2S/c1-4-10(3,9(11)16)12-8(14)7-5-6(2)13-15-7/h5H,4H2,1-3H3,(H2,11,16)(H,12,14). The third-order valence-corrected chi connectivity index (χ3v) is 2.94. The second kappa shape index (κ2) is 4.61. The fourth-order valence-corrected chi connectivity index (χ4v) is 1.30. The molecule has 0 bridgehead atoms. The van der Waals surface area contributed by atoms with Crippen molar-refractivity contribution >= 4 is 23.1 Å². The van der Waals surface area contributed by atoms with E-state index in [-0.39, 0.29) is 16.7 Å². The first-order chi connectivity index (χ1) is 7.39. The summed E-state index contributed by atoms with van der Waals surface area (Å²) in [6.45, 7) is 5.41. The molecule has 3 N–H and O–H groups in total. The van der Waals surface area contributed by atoms with Gasteiger partial charge in [-0.3, -0.25) is 4.79 Å². The van der Waals surface area contributed by atoms with Gasteiger partial charge in [-0.1, -0.05) is 24.3 Å². The molecule has 1 aromatic rings. The Morgan fingerprint density at radius 1 is 1.75 bits per heavy atom. The average Bonchev–Trinajstić information content (AvgIpc) is 2.64. The van der Waals surface area contributed by atoms with Crippen LogP contribution in [0.3, 0.4) is 0 Å². The molecule has 0 aliphatic rings. The quantitative estimate of drug-likeness (QED) is 0.773. The van der Waals surface area contributed by atoms with Gasteiger partial charge in [-0.2, -0.15) is 0 Å². The number of thiocarbonyl (C=S) groups is 1. The van der Waals surface area contributed by atoms with E-state index in [1.54, 1.807) is 19.9 Å². The van der Waals surface area contributed by atoms with Gasteiger partial charge >= 0.3 is 0 Å². The van der Waals surface area contributed by atoms with Crippen LogP contribution in [0, 0.1) is 6.92 Å². The molecule has 0 aliphatic carbocycles. The summed E-state index contributed by atoms with van der Waals surface area (Å²) in [6, 6.07) is 1.56. The Hall–Kier alpha value is -1.43. The van der Waals surface area contributed by atoms with Crippen LogP contribution in [-0.4, -0.2) is 21.6 Å². The molecule has 0 saturated carbocycles. The lowest BCUT2D eigenvalue weighted by Crippen LogP contribution is -2.54. The summed E-state index contributed by atoms with van der Waals surface area (Å²) in [5.74, 6) is -0.203. The van der Waals surface area contributed by atoms with Crippen molar-refractivity contribution < 1.29 is 9.32 Å². The number of carbonyl (C=O) groups excluding carboxylic acids is 1.